The number of alkyl halides is 1. The highest BCUT2D eigenvalue weighted by Crippen LogP contribution is 2.45. The van der Waals surface area contributed by atoms with Crippen LogP contribution in [0.15, 0.2) is 82.2 Å². The summed E-state index contributed by atoms with van der Waals surface area (Å²) in [6.45, 7) is 16.7. The number of aromatic nitrogens is 2. The van der Waals surface area contributed by atoms with Crippen LogP contribution in [0.5, 0.6) is 11.5 Å². The summed E-state index contributed by atoms with van der Waals surface area (Å²) >= 11 is 14.1. The van der Waals surface area contributed by atoms with Gasteiger partial charge in [-0.15, -0.1) is 11.6 Å². The lowest BCUT2D eigenvalue weighted by atomic mass is 10.1. The molecule has 2 aromatic carbocycles. The summed E-state index contributed by atoms with van der Waals surface area (Å²) < 4.78 is 25.4. The number of allylic oxidation sites excluding steroid dienone is 3. The molecule has 0 aliphatic carbocycles. The largest absolute Gasteiger partial charge is 0.484 e. The van der Waals surface area contributed by atoms with Crippen LogP contribution < -0.4 is 14.3 Å². The van der Waals surface area contributed by atoms with Crippen molar-refractivity contribution in [2.24, 2.45) is 0 Å². The van der Waals surface area contributed by atoms with Gasteiger partial charge < -0.3 is 23.3 Å². The third-order valence-electron chi connectivity index (χ3n) is 7.17. The van der Waals surface area contributed by atoms with Crippen molar-refractivity contribution in [3.05, 3.63) is 94.3 Å². The lowest BCUT2D eigenvalue weighted by Crippen LogP contribution is -2.36. The Bertz CT molecular complexity index is 1650. The Labute approximate surface area is 310 Å². The Morgan fingerprint density at radius 2 is 1.80 bits per heavy atom. The quantitative estimate of drug-likeness (QED) is 0.0374. The van der Waals surface area contributed by atoms with Crippen molar-refractivity contribution in [2.75, 3.05) is 13.0 Å². The Kier molecular flexibility index (Phi) is 17.0. The second kappa shape index (κ2) is 20.6. The van der Waals surface area contributed by atoms with Crippen molar-refractivity contribution in [3.8, 4) is 11.5 Å². The minimum Gasteiger partial charge on any atom is -0.484 e. The van der Waals surface area contributed by atoms with Gasteiger partial charge in [0, 0.05) is 18.0 Å². The maximum Gasteiger partial charge on any atom is 0.323 e. The molecule has 0 saturated heterocycles. The average Bonchev–Trinajstić information content (AvgIpc) is 3.39. The second-order valence-corrected chi connectivity index (χ2v) is 16.8. The van der Waals surface area contributed by atoms with E-state index in [0.717, 1.165) is 21.2 Å². The molecule has 9 nitrogen and oxygen atoms in total. The maximum atomic E-state index is 12.6. The van der Waals surface area contributed by atoms with E-state index in [2.05, 4.69) is 35.9 Å². The fourth-order valence-electron chi connectivity index (χ4n) is 4.97. The molecular weight excluding hydrogens is 716 g/mol. The van der Waals surface area contributed by atoms with Crippen molar-refractivity contribution in [1.29, 1.82) is 0 Å². The van der Waals surface area contributed by atoms with E-state index < -0.39 is 13.3 Å². The summed E-state index contributed by atoms with van der Waals surface area (Å²) in [5.41, 5.74) is 1.89. The molecule has 3 rings (SSSR count). The van der Waals surface area contributed by atoms with E-state index in [1.807, 2.05) is 74.5 Å². The number of thioether (sulfide) groups is 1. The first-order valence-electron chi connectivity index (χ1n) is 16.5. The molecule has 1 heterocycles. The van der Waals surface area contributed by atoms with Gasteiger partial charge >= 0.3 is 5.97 Å². The summed E-state index contributed by atoms with van der Waals surface area (Å²) in [4.78, 5) is 29.6. The van der Waals surface area contributed by atoms with E-state index in [9.17, 15) is 9.59 Å². The van der Waals surface area contributed by atoms with Crippen molar-refractivity contribution in [3.63, 3.8) is 0 Å². The normalized spacial score (nSPS) is 14.0. The van der Waals surface area contributed by atoms with Crippen LogP contribution >= 0.6 is 42.2 Å². The van der Waals surface area contributed by atoms with Gasteiger partial charge in [-0.2, -0.15) is 0 Å². The van der Waals surface area contributed by atoms with E-state index in [1.54, 1.807) is 25.6 Å². The van der Waals surface area contributed by atoms with E-state index in [4.69, 9.17) is 46.9 Å². The number of nitrogens with one attached hydrogen (secondary N) is 1. The first-order valence-corrected chi connectivity index (χ1v) is 20.1. The Morgan fingerprint density at radius 1 is 1.10 bits per heavy atom. The zero-order chi connectivity index (χ0) is 36.7. The summed E-state index contributed by atoms with van der Waals surface area (Å²) in [7, 11) is -2.63. The van der Waals surface area contributed by atoms with E-state index in [1.165, 1.54) is 0 Å². The molecule has 0 aliphatic rings. The van der Waals surface area contributed by atoms with Crippen LogP contribution in [0.1, 0.15) is 77.4 Å². The van der Waals surface area contributed by atoms with Gasteiger partial charge in [0.15, 0.2) is 6.35 Å². The van der Waals surface area contributed by atoms with E-state index in [-0.39, 0.29) is 36.8 Å². The standard InChI is InChI=1S/C37H48Cl2N3O6PS/c1-8-19-49(41-29(7)37(44)46-9-2,48-33-13-11-10-12-14-33)25-47-32-17-15-30(16-18-32)22-42-34(23-45-24-43)40-35(26(3)4)36(42)50-28(6)21-31(39)20-27(5)38/h10-19,21,24,26,29,31,41H,5,8-9,20,22-23,25H2,1-4,6-7H3/b28-21+. The van der Waals surface area contributed by atoms with Crippen molar-refractivity contribution < 1.29 is 28.3 Å². The first kappa shape index (κ1) is 41.3. The zero-order valence-electron chi connectivity index (χ0n) is 29.6. The number of nitrogens with zero attached hydrogens (tertiary/aromatic N) is 2. The SMILES string of the molecule is C=C(Cl)CC(Cl)/C=C(\C)Sc1c(C(C)C)nc(COC=O)n1Cc1ccc(OCP(=CCC)(NC(C)C(=O)OCC)Oc2ccccc2)cc1. The number of esters is 1. The Hall–Kier alpha value is -3.14. The highest BCUT2D eigenvalue weighted by atomic mass is 35.5. The molecule has 1 aromatic heterocycles. The monoisotopic (exact) mass is 763 g/mol. The van der Waals surface area contributed by atoms with Gasteiger partial charge in [0.2, 0.25) is 0 Å². The number of rotatable bonds is 21. The molecule has 0 bridgehead atoms. The molecule has 0 fully saturated rings. The van der Waals surface area contributed by atoms with Crippen LogP contribution in [-0.4, -0.2) is 52.2 Å². The minimum atomic E-state index is -2.63. The molecule has 1 N–H and O–H groups in total. The molecule has 3 atom stereocenters. The number of carbonyl (C=O) groups excluding carboxylic acids is 2. The molecule has 0 spiro atoms. The number of ether oxygens (including phenoxy) is 3. The van der Waals surface area contributed by atoms with Crippen LogP contribution in [0.4, 0.5) is 0 Å². The molecular formula is C37H48Cl2N3O6PS. The zero-order valence-corrected chi connectivity index (χ0v) is 32.8. The number of carbonyl (C=O) groups is 2. The van der Waals surface area contributed by atoms with Gasteiger partial charge in [-0.25, -0.2) is 4.98 Å². The third-order valence-corrected chi connectivity index (χ3v) is 11.5. The van der Waals surface area contributed by atoms with Crippen LogP contribution in [0, 0.1) is 0 Å². The molecule has 0 aliphatic heterocycles. The van der Waals surface area contributed by atoms with E-state index >= 15 is 0 Å². The van der Waals surface area contributed by atoms with Crippen molar-refractivity contribution in [1.82, 2.24) is 14.6 Å². The van der Waals surface area contributed by atoms with Crippen LogP contribution in [-0.2, 0) is 32.2 Å². The summed E-state index contributed by atoms with van der Waals surface area (Å²) in [6, 6.07) is 16.7. The fraction of sp³-hybridized carbons (Fsp3) is 0.405. The molecule has 13 heteroatoms. The third kappa shape index (κ3) is 12.9. The second-order valence-electron chi connectivity index (χ2n) is 11.8. The predicted octanol–water partition coefficient (Wildman–Crippen LogP) is 9.49. The number of imidazole rings is 1. The highest BCUT2D eigenvalue weighted by Gasteiger charge is 2.27. The molecule has 3 unspecified atom stereocenters. The summed E-state index contributed by atoms with van der Waals surface area (Å²) in [5.74, 6) is 3.78. The molecule has 0 radical (unpaired) electrons. The minimum absolute atomic E-state index is 0.0380. The fourth-order valence-corrected chi connectivity index (χ4v) is 9.52. The van der Waals surface area contributed by atoms with Crippen LogP contribution in [0.3, 0.4) is 0 Å². The number of para-hydroxylation sites is 1. The van der Waals surface area contributed by atoms with Gasteiger partial charge in [0.25, 0.3) is 6.47 Å². The van der Waals surface area contributed by atoms with Gasteiger partial charge in [-0.05, 0) is 73.6 Å². The average molecular weight is 765 g/mol. The lowest BCUT2D eigenvalue weighted by molar-refractivity contribution is -0.144. The number of halogens is 2. The molecule has 0 amide bonds. The van der Waals surface area contributed by atoms with Crippen LogP contribution in [0.25, 0.3) is 0 Å². The molecule has 0 saturated carbocycles. The van der Waals surface area contributed by atoms with Crippen molar-refractivity contribution >= 4 is 60.5 Å². The molecule has 50 heavy (non-hydrogen) atoms. The summed E-state index contributed by atoms with van der Waals surface area (Å²) in [6.07, 6.45) is 3.31. The predicted molar refractivity (Wildman–Crippen MR) is 207 cm³/mol. The topological polar surface area (TPSA) is 101 Å². The lowest BCUT2D eigenvalue weighted by Gasteiger charge is -2.30. The van der Waals surface area contributed by atoms with Gasteiger partial charge in [0.1, 0.15) is 42.3 Å². The Morgan fingerprint density at radius 3 is 2.40 bits per heavy atom. The van der Waals surface area contributed by atoms with Gasteiger partial charge in [0.05, 0.1) is 17.7 Å². The first-order chi connectivity index (χ1) is 23.9. The smallest absolute Gasteiger partial charge is 0.323 e. The van der Waals surface area contributed by atoms with E-state index in [0.29, 0.717) is 48.2 Å². The number of hydrogen-bond donors (Lipinski definition) is 1. The number of hydrogen-bond acceptors (Lipinski definition) is 9. The van der Waals surface area contributed by atoms with Gasteiger partial charge in [-0.3, -0.25) is 14.7 Å². The number of benzene rings is 2. The van der Waals surface area contributed by atoms with Crippen molar-refractivity contribution in [2.45, 2.75) is 89.9 Å². The maximum absolute atomic E-state index is 12.6. The molecule has 272 valence electrons. The van der Waals surface area contributed by atoms with Crippen LogP contribution in [0.2, 0.25) is 0 Å². The summed E-state index contributed by atoms with van der Waals surface area (Å²) in [5, 5.41) is 4.56. The molecule has 3 aromatic rings. The Balaban J connectivity index is 1.90. The van der Waals surface area contributed by atoms with Gasteiger partial charge in [-0.1, -0.05) is 87.1 Å². The highest BCUT2D eigenvalue weighted by molar-refractivity contribution is 8.03.